The minimum Gasteiger partial charge on any atom is -0.357 e. The summed E-state index contributed by atoms with van der Waals surface area (Å²) in [7, 11) is -3.10. The van der Waals surface area contributed by atoms with E-state index in [1.807, 2.05) is 18.7 Å². The highest BCUT2D eigenvalue weighted by Crippen LogP contribution is 2.21. The molecule has 1 rings (SSSR count). The van der Waals surface area contributed by atoms with Crippen molar-refractivity contribution in [1.29, 1.82) is 0 Å². The van der Waals surface area contributed by atoms with Crippen LogP contribution in [-0.4, -0.2) is 80.1 Å². The molecule has 0 aliphatic carbocycles. The van der Waals surface area contributed by atoms with E-state index in [1.54, 1.807) is 0 Å². The Hall–Kier alpha value is -0.470. The van der Waals surface area contributed by atoms with E-state index in [1.165, 1.54) is 17.0 Å². The van der Waals surface area contributed by atoms with Gasteiger partial charge in [0.05, 0.1) is 6.26 Å². The second-order valence-electron chi connectivity index (χ2n) is 5.69. The third kappa shape index (κ3) is 7.30. The molecule has 1 atom stereocenters. The number of hydrogen-bond acceptors (Lipinski definition) is 4. The lowest BCUT2D eigenvalue weighted by Gasteiger charge is -2.34. The number of thioether (sulfide) groups is 1. The van der Waals surface area contributed by atoms with Gasteiger partial charge < -0.3 is 10.2 Å². The second-order valence-corrected chi connectivity index (χ2v) is 9.08. The van der Waals surface area contributed by atoms with Gasteiger partial charge in [0, 0.05) is 50.3 Å². The van der Waals surface area contributed by atoms with Gasteiger partial charge in [0.25, 0.3) is 0 Å². The average molecular weight is 365 g/mol. The molecule has 23 heavy (non-hydrogen) atoms. The van der Waals surface area contributed by atoms with Crippen molar-refractivity contribution >= 4 is 27.7 Å². The Morgan fingerprint density at radius 3 is 2.70 bits per heavy atom. The largest absolute Gasteiger partial charge is 0.357 e. The van der Waals surface area contributed by atoms with E-state index in [-0.39, 0.29) is 0 Å². The molecule has 1 N–H and O–H groups in total. The van der Waals surface area contributed by atoms with Crippen LogP contribution in [0.4, 0.5) is 0 Å². The highest BCUT2D eigenvalue weighted by atomic mass is 32.2. The maximum absolute atomic E-state index is 11.6. The molecular formula is C15H32N4O2S2. The first-order valence-corrected chi connectivity index (χ1v) is 11.4. The monoisotopic (exact) mass is 364 g/mol. The molecule has 1 fully saturated rings. The molecule has 1 aliphatic heterocycles. The predicted octanol–water partition coefficient (Wildman–Crippen LogP) is 1.45. The van der Waals surface area contributed by atoms with Crippen molar-refractivity contribution in [2.24, 2.45) is 4.99 Å². The lowest BCUT2D eigenvalue weighted by molar-refractivity contribution is 0.405. The first-order valence-electron chi connectivity index (χ1n) is 8.52. The average Bonchev–Trinajstić information content (AvgIpc) is 2.52. The van der Waals surface area contributed by atoms with Crippen LogP contribution in [0.15, 0.2) is 4.99 Å². The molecule has 0 radical (unpaired) electrons. The van der Waals surface area contributed by atoms with Gasteiger partial charge in [-0.3, -0.25) is 4.99 Å². The van der Waals surface area contributed by atoms with Gasteiger partial charge in [-0.1, -0.05) is 13.8 Å². The molecule has 1 aliphatic rings. The van der Waals surface area contributed by atoms with Crippen LogP contribution in [0.1, 0.15) is 33.6 Å². The van der Waals surface area contributed by atoms with Gasteiger partial charge in [0.2, 0.25) is 10.0 Å². The summed E-state index contributed by atoms with van der Waals surface area (Å²) in [5.41, 5.74) is 0. The zero-order valence-electron chi connectivity index (χ0n) is 14.9. The molecule has 1 unspecified atom stereocenters. The summed E-state index contributed by atoms with van der Waals surface area (Å²) in [5, 5.41) is 4.04. The van der Waals surface area contributed by atoms with E-state index in [2.05, 4.69) is 24.1 Å². The van der Waals surface area contributed by atoms with Crippen LogP contribution in [0, 0.1) is 0 Å². The zero-order valence-corrected chi connectivity index (χ0v) is 16.5. The summed E-state index contributed by atoms with van der Waals surface area (Å²) >= 11 is 2.04. The van der Waals surface area contributed by atoms with Crippen molar-refractivity contribution in [3.63, 3.8) is 0 Å². The quantitative estimate of drug-likeness (QED) is 0.401. The summed E-state index contributed by atoms with van der Waals surface area (Å²) < 4.78 is 24.7. The first-order chi connectivity index (χ1) is 10.9. The van der Waals surface area contributed by atoms with Crippen molar-refractivity contribution in [2.75, 3.05) is 51.3 Å². The molecule has 1 heterocycles. The molecule has 6 nitrogen and oxygen atoms in total. The van der Waals surface area contributed by atoms with E-state index < -0.39 is 10.0 Å². The normalized spacial score (nSPS) is 20.1. The number of guanidine groups is 1. The zero-order chi connectivity index (χ0) is 17.3. The van der Waals surface area contributed by atoms with Gasteiger partial charge >= 0.3 is 0 Å². The number of sulfonamides is 1. The maximum atomic E-state index is 11.6. The third-order valence-electron chi connectivity index (χ3n) is 3.88. The minimum atomic E-state index is -3.10. The first kappa shape index (κ1) is 20.6. The lowest BCUT2D eigenvalue weighted by Crippen LogP contribution is -2.48. The number of nitrogens with zero attached hydrogens (tertiary/aromatic N) is 3. The minimum absolute atomic E-state index is 0.518. The summed E-state index contributed by atoms with van der Waals surface area (Å²) in [5.74, 6) is 2.11. The summed E-state index contributed by atoms with van der Waals surface area (Å²) in [4.78, 5) is 7.03. The molecule has 0 saturated carbocycles. The Balaban J connectivity index is 2.55. The summed E-state index contributed by atoms with van der Waals surface area (Å²) in [6.45, 7) is 10.8. The van der Waals surface area contributed by atoms with Gasteiger partial charge in [0.1, 0.15) is 0 Å². The van der Waals surface area contributed by atoms with Crippen LogP contribution in [0.3, 0.4) is 0 Å². The van der Waals surface area contributed by atoms with E-state index in [4.69, 9.17) is 4.99 Å². The molecule has 136 valence electrons. The fourth-order valence-corrected chi connectivity index (χ4v) is 4.68. The number of aliphatic imine (C=N–C) groups is 1. The highest BCUT2D eigenvalue weighted by molar-refractivity contribution is 8.00. The molecule has 8 heteroatoms. The van der Waals surface area contributed by atoms with Crippen LogP contribution in [0.5, 0.6) is 0 Å². The molecule has 0 aromatic rings. The fourth-order valence-electron chi connectivity index (χ4n) is 2.57. The molecule has 0 aromatic heterocycles. The Kier molecular flexibility index (Phi) is 9.31. The van der Waals surface area contributed by atoms with Crippen molar-refractivity contribution in [1.82, 2.24) is 14.5 Å². The van der Waals surface area contributed by atoms with Crippen LogP contribution in [-0.2, 0) is 10.0 Å². The van der Waals surface area contributed by atoms with Gasteiger partial charge in [0.15, 0.2) is 5.96 Å². The van der Waals surface area contributed by atoms with Crippen molar-refractivity contribution in [3.05, 3.63) is 0 Å². The van der Waals surface area contributed by atoms with E-state index in [9.17, 15) is 8.42 Å². The number of nitrogens with one attached hydrogen (secondary N) is 1. The standard InChI is InChI=1S/C15H32N4O2S2/c1-5-14-13-18(11-12-22-14)15(16-6-2)17-9-8-10-19(7-3)23(4,20)21/h14H,5-13H2,1-4H3,(H,16,17). The highest BCUT2D eigenvalue weighted by Gasteiger charge is 2.21. The van der Waals surface area contributed by atoms with E-state index >= 15 is 0 Å². The van der Waals surface area contributed by atoms with E-state index in [0.29, 0.717) is 24.9 Å². The van der Waals surface area contributed by atoms with E-state index in [0.717, 1.165) is 37.8 Å². The Morgan fingerprint density at radius 2 is 2.13 bits per heavy atom. The molecule has 0 bridgehead atoms. The predicted molar refractivity (Wildman–Crippen MR) is 101 cm³/mol. The molecule has 0 aromatic carbocycles. The van der Waals surface area contributed by atoms with Gasteiger partial charge in [-0.05, 0) is 19.8 Å². The SMILES string of the molecule is CCNC(=NCCCN(CC)S(C)(=O)=O)N1CCSC(CC)C1. The van der Waals surface area contributed by atoms with Crippen LogP contribution in [0.2, 0.25) is 0 Å². The van der Waals surface area contributed by atoms with Gasteiger partial charge in [-0.25, -0.2) is 12.7 Å². The summed E-state index contributed by atoms with van der Waals surface area (Å²) in [6.07, 6.45) is 3.19. The van der Waals surface area contributed by atoms with Crippen LogP contribution in [0.25, 0.3) is 0 Å². The fraction of sp³-hybridized carbons (Fsp3) is 0.933. The molecule has 0 amide bonds. The number of rotatable bonds is 8. The smallest absolute Gasteiger partial charge is 0.211 e. The molecular weight excluding hydrogens is 332 g/mol. The van der Waals surface area contributed by atoms with Crippen molar-refractivity contribution in [3.8, 4) is 0 Å². The Labute approximate surface area is 146 Å². The van der Waals surface area contributed by atoms with Gasteiger partial charge in [-0.15, -0.1) is 0 Å². The van der Waals surface area contributed by atoms with Crippen molar-refractivity contribution in [2.45, 2.75) is 38.9 Å². The Bertz CT molecular complexity index is 468. The second kappa shape index (κ2) is 10.4. The molecule has 1 saturated heterocycles. The third-order valence-corrected chi connectivity index (χ3v) is 6.63. The van der Waals surface area contributed by atoms with Crippen LogP contribution < -0.4 is 5.32 Å². The lowest BCUT2D eigenvalue weighted by atomic mass is 10.3. The molecule has 0 spiro atoms. The Morgan fingerprint density at radius 1 is 1.39 bits per heavy atom. The number of hydrogen-bond donors (Lipinski definition) is 1. The van der Waals surface area contributed by atoms with Crippen LogP contribution >= 0.6 is 11.8 Å². The summed E-state index contributed by atoms with van der Waals surface area (Å²) in [6, 6.07) is 0. The maximum Gasteiger partial charge on any atom is 0.211 e. The topological polar surface area (TPSA) is 65.0 Å². The van der Waals surface area contributed by atoms with Gasteiger partial charge in [-0.2, -0.15) is 11.8 Å². The van der Waals surface area contributed by atoms with Crippen molar-refractivity contribution < 1.29 is 8.42 Å².